The second-order valence-electron chi connectivity index (χ2n) is 10.5. The SMILES string of the molecule is CCC(Sc1cccc(NC(=O)/C(=C\c2cccc3ccccc23)NC(=O)c2ccccc2)c1)C(=O)Nc1ccccc1C(=O)OC. The number of ether oxygens (including phenoxy) is 1. The van der Waals surface area contributed by atoms with Gasteiger partial charge in [0.1, 0.15) is 5.70 Å². The fourth-order valence-electron chi connectivity index (χ4n) is 4.90. The summed E-state index contributed by atoms with van der Waals surface area (Å²) < 4.78 is 4.84. The second-order valence-corrected chi connectivity index (χ2v) is 11.7. The van der Waals surface area contributed by atoms with E-state index in [2.05, 4.69) is 16.0 Å². The molecule has 3 N–H and O–H groups in total. The molecule has 9 heteroatoms. The molecule has 0 aromatic heterocycles. The molecule has 5 aromatic rings. The average molecular weight is 644 g/mol. The van der Waals surface area contributed by atoms with Crippen molar-refractivity contribution in [3.63, 3.8) is 0 Å². The molecule has 0 aliphatic heterocycles. The lowest BCUT2D eigenvalue weighted by molar-refractivity contribution is -0.116. The zero-order valence-electron chi connectivity index (χ0n) is 25.9. The van der Waals surface area contributed by atoms with Crippen LogP contribution < -0.4 is 16.0 Å². The highest BCUT2D eigenvalue weighted by molar-refractivity contribution is 8.00. The molecule has 236 valence electrons. The first-order valence-electron chi connectivity index (χ1n) is 15.0. The molecule has 1 atom stereocenters. The summed E-state index contributed by atoms with van der Waals surface area (Å²) in [6.45, 7) is 1.90. The van der Waals surface area contributed by atoms with E-state index in [0.29, 0.717) is 23.4 Å². The van der Waals surface area contributed by atoms with Gasteiger partial charge in [0.05, 0.1) is 23.6 Å². The number of anilines is 2. The first kappa shape index (κ1) is 32.7. The summed E-state index contributed by atoms with van der Waals surface area (Å²) in [7, 11) is 1.29. The third-order valence-electron chi connectivity index (χ3n) is 7.28. The van der Waals surface area contributed by atoms with Crippen molar-refractivity contribution >= 4 is 63.7 Å². The zero-order valence-corrected chi connectivity index (χ0v) is 26.7. The molecule has 0 aliphatic carbocycles. The maximum absolute atomic E-state index is 13.7. The van der Waals surface area contributed by atoms with Crippen LogP contribution in [0.2, 0.25) is 0 Å². The molecule has 0 aliphatic rings. The van der Waals surface area contributed by atoms with Crippen molar-refractivity contribution in [1.82, 2.24) is 5.32 Å². The van der Waals surface area contributed by atoms with Crippen molar-refractivity contribution in [2.24, 2.45) is 0 Å². The molecule has 1 unspecified atom stereocenters. The number of benzene rings is 5. The number of nitrogens with one attached hydrogen (secondary N) is 3. The van der Waals surface area contributed by atoms with Crippen molar-refractivity contribution in [1.29, 1.82) is 0 Å². The molecule has 5 rings (SSSR count). The molecule has 0 bridgehead atoms. The van der Waals surface area contributed by atoms with E-state index in [0.717, 1.165) is 21.2 Å². The van der Waals surface area contributed by atoms with Gasteiger partial charge in [-0.05, 0) is 71.3 Å². The minimum atomic E-state index is -0.543. The van der Waals surface area contributed by atoms with Crippen molar-refractivity contribution in [3.05, 3.63) is 144 Å². The molecular formula is C38H33N3O5S. The Labute approximate surface area is 277 Å². The maximum Gasteiger partial charge on any atom is 0.339 e. The fourth-order valence-corrected chi connectivity index (χ4v) is 5.91. The molecular weight excluding hydrogens is 611 g/mol. The summed E-state index contributed by atoms with van der Waals surface area (Å²) >= 11 is 1.33. The Kier molecular flexibility index (Phi) is 10.8. The van der Waals surface area contributed by atoms with E-state index in [1.807, 2.05) is 61.5 Å². The highest BCUT2D eigenvalue weighted by Crippen LogP contribution is 2.29. The Balaban J connectivity index is 1.36. The van der Waals surface area contributed by atoms with Crippen LogP contribution in [0, 0.1) is 0 Å². The van der Waals surface area contributed by atoms with E-state index in [1.54, 1.807) is 72.8 Å². The van der Waals surface area contributed by atoms with Gasteiger partial charge in [0.25, 0.3) is 11.8 Å². The third-order valence-corrected chi connectivity index (χ3v) is 8.63. The molecule has 0 spiro atoms. The van der Waals surface area contributed by atoms with E-state index < -0.39 is 23.0 Å². The number of para-hydroxylation sites is 1. The number of hydrogen-bond acceptors (Lipinski definition) is 6. The van der Waals surface area contributed by atoms with Crippen LogP contribution >= 0.6 is 11.8 Å². The van der Waals surface area contributed by atoms with Crippen LogP contribution in [0.5, 0.6) is 0 Å². The van der Waals surface area contributed by atoms with Crippen LogP contribution in [0.4, 0.5) is 11.4 Å². The van der Waals surface area contributed by atoms with Gasteiger partial charge >= 0.3 is 5.97 Å². The lowest BCUT2D eigenvalue weighted by atomic mass is 10.0. The normalized spacial score (nSPS) is 11.7. The number of esters is 1. The van der Waals surface area contributed by atoms with E-state index in [1.165, 1.54) is 18.9 Å². The minimum absolute atomic E-state index is 0.0725. The number of carbonyl (C=O) groups excluding carboxylic acids is 4. The first-order chi connectivity index (χ1) is 22.9. The Morgan fingerprint density at radius 1 is 0.787 bits per heavy atom. The second kappa shape index (κ2) is 15.6. The van der Waals surface area contributed by atoms with Gasteiger partial charge in [-0.1, -0.05) is 85.8 Å². The monoisotopic (exact) mass is 643 g/mol. The van der Waals surface area contributed by atoms with Gasteiger partial charge < -0.3 is 20.7 Å². The highest BCUT2D eigenvalue weighted by atomic mass is 32.2. The van der Waals surface area contributed by atoms with E-state index in [9.17, 15) is 19.2 Å². The van der Waals surface area contributed by atoms with Crippen molar-refractivity contribution in [2.45, 2.75) is 23.5 Å². The number of fused-ring (bicyclic) bond motifs is 1. The Hall–Kier alpha value is -5.67. The lowest BCUT2D eigenvalue weighted by Crippen LogP contribution is -2.30. The molecule has 8 nitrogen and oxygen atoms in total. The van der Waals surface area contributed by atoms with Gasteiger partial charge in [-0.2, -0.15) is 0 Å². The van der Waals surface area contributed by atoms with Gasteiger partial charge in [0.15, 0.2) is 0 Å². The smallest absolute Gasteiger partial charge is 0.339 e. The minimum Gasteiger partial charge on any atom is -0.465 e. The molecule has 0 fully saturated rings. The van der Waals surface area contributed by atoms with Crippen LogP contribution in [-0.2, 0) is 14.3 Å². The van der Waals surface area contributed by atoms with Crippen molar-refractivity contribution in [2.75, 3.05) is 17.7 Å². The van der Waals surface area contributed by atoms with Gasteiger partial charge in [-0.25, -0.2) is 4.79 Å². The molecule has 5 aromatic carbocycles. The Morgan fingerprint density at radius 2 is 1.49 bits per heavy atom. The standard InChI is InChI=1S/C38H33N3O5S/c1-3-34(37(44)40-32-22-10-9-21-31(32)38(45)46-2)47-29-19-12-18-28(24-29)39-36(43)33(41-35(42)26-14-5-4-6-15-26)23-27-17-11-16-25-13-7-8-20-30(25)27/h4-24,34H,3H2,1-2H3,(H,39,43)(H,40,44)(H,41,42)/b33-23+. The summed E-state index contributed by atoms with van der Waals surface area (Å²) in [5.41, 5.74) is 2.39. The number of hydrogen-bond donors (Lipinski definition) is 3. The number of carbonyl (C=O) groups is 4. The molecule has 47 heavy (non-hydrogen) atoms. The van der Waals surface area contributed by atoms with Crippen molar-refractivity contribution < 1.29 is 23.9 Å². The maximum atomic E-state index is 13.7. The van der Waals surface area contributed by atoms with Crippen LogP contribution in [0.15, 0.2) is 132 Å². The quantitative estimate of drug-likeness (QED) is 0.0779. The Morgan fingerprint density at radius 3 is 2.28 bits per heavy atom. The van der Waals surface area contributed by atoms with Gasteiger partial charge in [-0.15, -0.1) is 11.8 Å². The van der Waals surface area contributed by atoms with E-state index in [-0.39, 0.29) is 17.2 Å². The van der Waals surface area contributed by atoms with E-state index >= 15 is 0 Å². The molecule has 0 saturated heterocycles. The van der Waals surface area contributed by atoms with Gasteiger partial charge in [-0.3, -0.25) is 14.4 Å². The molecule has 3 amide bonds. The topological polar surface area (TPSA) is 114 Å². The van der Waals surface area contributed by atoms with Gasteiger partial charge in [0.2, 0.25) is 5.91 Å². The fraction of sp³-hybridized carbons (Fsp3) is 0.105. The number of thioether (sulfide) groups is 1. The molecule has 0 saturated carbocycles. The van der Waals surface area contributed by atoms with Crippen LogP contribution in [0.3, 0.4) is 0 Å². The molecule has 0 radical (unpaired) electrons. The van der Waals surface area contributed by atoms with Crippen LogP contribution in [-0.4, -0.2) is 36.1 Å². The highest BCUT2D eigenvalue weighted by Gasteiger charge is 2.21. The Bertz CT molecular complexity index is 1950. The summed E-state index contributed by atoms with van der Waals surface area (Å²) in [5, 5.41) is 10.0. The summed E-state index contributed by atoms with van der Waals surface area (Å²) in [6, 6.07) is 36.1. The van der Waals surface area contributed by atoms with Crippen LogP contribution in [0.1, 0.15) is 39.6 Å². The summed E-state index contributed by atoms with van der Waals surface area (Å²) in [5.74, 6) is -1.73. The largest absolute Gasteiger partial charge is 0.465 e. The number of methoxy groups -OCH3 is 1. The predicted molar refractivity (Wildman–Crippen MR) is 187 cm³/mol. The van der Waals surface area contributed by atoms with Crippen LogP contribution in [0.25, 0.3) is 16.8 Å². The third kappa shape index (κ3) is 8.33. The average Bonchev–Trinajstić information content (AvgIpc) is 3.10. The van der Waals surface area contributed by atoms with E-state index in [4.69, 9.17) is 4.74 Å². The molecule has 0 heterocycles. The number of amides is 3. The predicted octanol–water partition coefficient (Wildman–Crippen LogP) is 7.55. The summed E-state index contributed by atoms with van der Waals surface area (Å²) in [6.07, 6.45) is 2.18. The number of rotatable bonds is 11. The van der Waals surface area contributed by atoms with Gasteiger partial charge in [0, 0.05) is 16.1 Å². The van der Waals surface area contributed by atoms with Crippen molar-refractivity contribution in [3.8, 4) is 0 Å². The summed E-state index contributed by atoms with van der Waals surface area (Å²) in [4.78, 5) is 53.0. The first-order valence-corrected chi connectivity index (χ1v) is 15.9. The zero-order chi connectivity index (χ0) is 33.2. The lowest BCUT2D eigenvalue weighted by Gasteiger charge is -2.17.